The molecule has 2 heterocycles. The minimum atomic E-state index is -0.269. The summed E-state index contributed by atoms with van der Waals surface area (Å²) < 4.78 is 18.4. The first kappa shape index (κ1) is 29.0. The topological polar surface area (TPSA) is 56.5 Å². The van der Waals surface area contributed by atoms with Gasteiger partial charge in [-0.25, -0.2) is 0 Å². The molecule has 0 amide bonds. The van der Waals surface area contributed by atoms with Gasteiger partial charge in [-0.1, -0.05) is 19.1 Å². The van der Waals surface area contributed by atoms with Gasteiger partial charge in [-0.15, -0.1) is 11.6 Å². The Labute approximate surface area is 243 Å². The Kier molecular flexibility index (Phi) is 10.4. The van der Waals surface area contributed by atoms with Crippen LogP contribution in [0.15, 0.2) is 66.7 Å². The third-order valence-corrected chi connectivity index (χ3v) is 6.81. The smallest absolute Gasteiger partial charge is 0.508 e. The van der Waals surface area contributed by atoms with Crippen molar-refractivity contribution in [1.82, 2.24) is 4.90 Å². The maximum atomic E-state index is 12.1. The molecule has 0 saturated carbocycles. The van der Waals surface area contributed by atoms with Crippen LogP contribution >= 0.6 is 0 Å². The van der Waals surface area contributed by atoms with Crippen LogP contribution in [0.1, 0.15) is 48.6 Å². The molecule has 0 spiro atoms. The van der Waals surface area contributed by atoms with Crippen molar-refractivity contribution in [3.05, 3.63) is 102 Å². The molecule has 0 aromatic heterocycles. The van der Waals surface area contributed by atoms with E-state index in [9.17, 15) is 9.50 Å². The van der Waals surface area contributed by atoms with Crippen LogP contribution in [0.3, 0.4) is 0 Å². The summed E-state index contributed by atoms with van der Waals surface area (Å²) in [5, 5.41) is 19.0. The Bertz CT molecular complexity index is 1250. The SMILES string of the molecule is CC1=C(c2ccc(C#N)cc2)C(c2cc[c-]cc2)Oc2ccc(O)cc21.[CH2-][C@H](C)N1CC[C@@H](CF)C1.[U+2]. The van der Waals surface area contributed by atoms with Crippen LogP contribution < -0.4 is 4.74 Å². The van der Waals surface area contributed by atoms with E-state index >= 15 is 0 Å². The average molecular weight is 721 g/mol. The van der Waals surface area contributed by atoms with Crippen molar-refractivity contribution >= 4 is 11.1 Å². The van der Waals surface area contributed by atoms with Crippen molar-refractivity contribution in [2.75, 3.05) is 19.8 Å². The molecule has 0 radical (unpaired) electrons. The van der Waals surface area contributed by atoms with E-state index in [1.165, 1.54) is 0 Å². The molecule has 2 aliphatic heterocycles. The van der Waals surface area contributed by atoms with E-state index in [1.54, 1.807) is 18.2 Å². The van der Waals surface area contributed by atoms with Gasteiger partial charge in [-0.3, -0.25) is 4.39 Å². The van der Waals surface area contributed by atoms with E-state index in [2.05, 4.69) is 30.9 Å². The molecule has 1 N–H and O–H groups in total. The number of hydrogen-bond acceptors (Lipinski definition) is 4. The number of phenols is 1. The Balaban J connectivity index is 0.000000293. The van der Waals surface area contributed by atoms with Crippen LogP contribution in [0.25, 0.3) is 11.1 Å². The second-order valence-corrected chi connectivity index (χ2v) is 9.39. The van der Waals surface area contributed by atoms with Gasteiger partial charge in [-0.2, -0.15) is 35.6 Å². The Hall–Kier alpha value is -2.57. The number of alkyl halides is 1. The minimum Gasteiger partial charge on any atom is -0.508 e. The summed E-state index contributed by atoms with van der Waals surface area (Å²) in [7, 11) is 0. The van der Waals surface area contributed by atoms with Gasteiger partial charge in [-0.05, 0) is 61.4 Å². The van der Waals surface area contributed by atoms with Crippen molar-refractivity contribution in [3.8, 4) is 17.6 Å². The molecular weight excluding hydrogens is 689 g/mol. The van der Waals surface area contributed by atoms with Crippen LogP contribution in [0, 0.1) is 61.4 Å². The van der Waals surface area contributed by atoms with Gasteiger partial charge in [0.05, 0.1) is 18.3 Å². The van der Waals surface area contributed by atoms with Gasteiger partial charge in [0, 0.05) is 23.6 Å². The molecule has 3 aromatic rings. The molecule has 3 atom stereocenters. The molecule has 1 unspecified atom stereocenters. The number of rotatable bonds is 4. The largest absolute Gasteiger partial charge is 2.00 e. The van der Waals surface area contributed by atoms with Gasteiger partial charge in [0.1, 0.15) is 17.6 Å². The van der Waals surface area contributed by atoms with Crippen molar-refractivity contribution < 1.29 is 45.3 Å². The normalized spacial score (nSPS) is 19.4. The van der Waals surface area contributed by atoms with E-state index in [0.717, 1.165) is 53.1 Å². The van der Waals surface area contributed by atoms with Gasteiger partial charge < -0.3 is 21.7 Å². The summed E-state index contributed by atoms with van der Waals surface area (Å²) in [6.07, 6.45) is 0.741. The van der Waals surface area contributed by atoms with Crippen molar-refractivity contribution in [1.29, 1.82) is 5.26 Å². The predicted molar refractivity (Wildman–Crippen MR) is 141 cm³/mol. The Morgan fingerprint density at radius 3 is 2.46 bits per heavy atom. The number of likely N-dealkylation sites (tertiary alicyclic amines) is 1. The standard InChI is InChI=1S/C23H16NO2.C8H15FN.U/c1-15-20-13-19(25)11-12-21(20)26-23(18-5-3-2-4-6-18)22(15)17-9-7-16(14-24)8-10-17;1-7(2)10-4-3-8(5-9)6-10;/h3-13,23,25H,1H3;7-8H,1,3-6H2,2H3;/q2*-1;+2/t;7-,8+;/m.1./s1. The maximum absolute atomic E-state index is 12.1. The molecule has 2 aliphatic rings. The summed E-state index contributed by atoms with van der Waals surface area (Å²) in [6, 6.07) is 25.9. The van der Waals surface area contributed by atoms with Crippen LogP contribution in [-0.4, -0.2) is 35.8 Å². The Morgan fingerprint density at radius 2 is 1.89 bits per heavy atom. The predicted octanol–water partition coefficient (Wildman–Crippen LogP) is 6.63. The van der Waals surface area contributed by atoms with Gasteiger partial charge in [0.25, 0.3) is 0 Å². The Morgan fingerprint density at radius 1 is 1.19 bits per heavy atom. The number of halogens is 1. The van der Waals surface area contributed by atoms with E-state index in [-0.39, 0.29) is 55.6 Å². The zero-order valence-corrected chi connectivity index (χ0v) is 25.4. The monoisotopic (exact) mass is 720 g/mol. The molecule has 0 bridgehead atoms. The fourth-order valence-electron chi connectivity index (χ4n) is 4.73. The first-order chi connectivity index (χ1) is 17.4. The fraction of sp³-hybridized carbons (Fsp3) is 0.290. The van der Waals surface area contributed by atoms with Crippen molar-refractivity contribution in [3.63, 3.8) is 0 Å². The van der Waals surface area contributed by atoms with E-state index in [1.807, 2.05) is 55.5 Å². The second kappa shape index (κ2) is 13.3. The fourth-order valence-corrected chi connectivity index (χ4v) is 4.73. The van der Waals surface area contributed by atoms with Crippen molar-refractivity contribution in [2.24, 2.45) is 5.92 Å². The number of hydrogen-bond donors (Lipinski definition) is 1. The molecule has 3 aromatic carbocycles. The summed E-state index contributed by atoms with van der Waals surface area (Å²) in [6.45, 7) is 9.75. The summed E-state index contributed by atoms with van der Waals surface area (Å²) >= 11 is 0. The zero-order chi connectivity index (χ0) is 25.7. The molecule has 1 fully saturated rings. The number of phenolic OH excluding ortho intramolecular Hbond substituents is 1. The number of fused-ring (bicyclic) bond motifs is 1. The summed E-state index contributed by atoms with van der Waals surface area (Å²) in [5.74, 6) is 1.23. The number of nitrogens with zero attached hydrogens (tertiary/aromatic N) is 2. The third kappa shape index (κ3) is 6.85. The van der Waals surface area contributed by atoms with Crippen LogP contribution in [0.5, 0.6) is 11.5 Å². The average Bonchev–Trinajstić information content (AvgIpc) is 3.40. The van der Waals surface area contributed by atoms with Crippen LogP contribution in [-0.2, 0) is 0 Å². The molecule has 4 nitrogen and oxygen atoms in total. The van der Waals surface area contributed by atoms with Crippen LogP contribution in [0.2, 0.25) is 0 Å². The van der Waals surface area contributed by atoms with Gasteiger partial charge in [0.2, 0.25) is 0 Å². The first-order valence-corrected chi connectivity index (χ1v) is 12.2. The number of ether oxygens (including phenoxy) is 1. The van der Waals surface area contributed by atoms with E-state index in [0.29, 0.717) is 11.6 Å². The quantitative estimate of drug-likeness (QED) is 0.308. The van der Waals surface area contributed by atoms with Gasteiger partial charge in [0.15, 0.2) is 0 Å². The third-order valence-electron chi connectivity index (χ3n) is 6.81. The second-order valence-electron chi connectivity index (χ2n) is 9.39. The number of nitriles is 1. The molecule has 0 aliphatic carbocycles. The number of aromatic hydroxyl groups is 1. The van der Waals surface area contributed by atoms with Crippen molar-refractivity contribution in [2.45, 2.75) is 32.4 Å². The molecule has 37 heavy (non-hydrogen) atoms. The number of benzene rings is 3. The maximum Gasteiger partial charge on any atom is 2.00 e. The summed E-state index contributed by atoms with van der Waals surface area (Å²) in [5.41, 5.74) is 5.59. The molecule has 1 saturated heterocycles. The number of allylic oxidation sites excluding steroid dienone is 1. The van der Waals surface area contributed by atoms with Crippen LogP contribution in [0.4, 0.5) is 4.39 Å². The molecule has 6 heteroatoms. The van der Waals surface area contributed by atoms with E-state index < -0.39 is 0 Å². The molecular formula is C31H31FN2O2U. The first-order valence-electron chi connectivity index (χ1n) is 12.2. The molecule has 188 valence electrons. The molecule has 5 rings (SSSR count). The van der Waals surface area contributed by atoms with Gasteiger partial charge >= 0.3 is 31.1 Å². The minimum absolute atomic E-state index is 0. The van der Waals surface area contributed by atoms with E-state index in [4.69, 9.17) is 10.00 Å². The summed E-state index contributed by atoms with van der Waals surface area (Å²) in [4.78, 5) is 2.23. The zero-order valence-electron chi connectivity index (χ0n) is 21.2.